The van der Waals surface area contributed by atoms with E-state index in [1.54, 1.807) is 84.9 Å². The third-order valence-corrected chi connectivity index (χ3v) is 7.51. The maximum atomic E-state index is 15.0. The first kappa shape index (κ1) is 22.5. The Morgan fingerprint density at radius 2 is 1.45 bits per heavy atom. The van der Waals surface area contributed by atoms with Crippen molar-refractivity contribution in [2.24, 2.45) is 5.73 Å². The van der Waals surface area contributed by atoms with Crippen LogP contribution >= 0.6 is 0 Å². The number of ketones is 1. The molecule has 2 N–H and O–H groups in total. The first-order valence-corrected chi connectivity index (χ1v) is 12.0. The van der Waals surface area contributed by atoms with Gasteiger partial charge in [-0.2, -0.15) is 0 Å². The Morgan fingerprint density at radius 1 is 0.939 bits per heavy atom. The number of carbonyl (C=O) groups is 1. The van der Waals surface area contributed by atoms with E-state index >= 15 is 0 Å². The van der Waals surface area contributed by atoms with Crippen LogP contribution in [0.2, 0.25) is 0 Å². The molecule has 0 fully saturated rings. The summed E-state index contributed by atoms with van der Waals surface area (Å²) >= 11 is 0. The number of anilines is 1. The van der Waals surface area contributed by atoms with Crippen molar-refractivity contribution >= 4 is 21.5 Å². The molecule has 0 bridgehead atoms. The Bertz CT molecular complexity index is 1260. The van der Waals surface area contributed by atoms with E-state index in [0.29, 0.717) is 16.8 Å². The molecule has 1 aliphatic heterocycles. The maximum Gasteiger partial charge on any atom is 0.251 e. The molecule has 0 amide bonds. The first-order valence-electron chi connectivity index (χ1n) is 10.4. The van der Waals surface area contributed by atoms with Crippen LogP contribution < -0.4 is 10.6 Å². The van der Waals surface area contributed by atoms with Crippen LogP contribution in [0.3, 0.4) is 0 Å². The third-order valence-electron chi connectivity index (χ3n) is 5.49. The van der Waals surface area contributed by atoms with Crippen LogP contribution in [-0.4, -0.2) is 24.8 Å². The largest absolute Gasteiger partial charge is 0.383 e. The van der Waals surface area contributed by atoms with Gasteiger partial charge in [0.25, 0.3) is 10.0 Å². The van der Waals surface area contributed by atoms with E-state index in [1.165, 1.54) is 6.92 Å². The molecule has 0 aliphatic carbocycles. The Kier molecular flexibility index (Phi) is 6.20. The predicted octanol–water partition coefficient (Wildman–Crippen LogP) is 4.09. The Hall–Kier alpha value is -3.65. The molecule has 1 heterocycles. The number of Topliss-reactive ketones (excluding diaryl/α,β-unsaturated/α-hetero) is 1. The summed E-state index contributed by atoms with van der Waals surface area (Å²) in [5.74, 6) is -1.07. The van der Waals surface area contributed by atoms with Gasteiger partial charge in [-0.3, -0.25) is 4.79 Å². The van der Waals surface area contributed by atoms with Gasteiger partial charge >= 0.3 is 0 Å². The average molecular weight is 466 g/mol. The summed E-state index contributed by atoms with van der Waals surface area (Å²) in [6.45, 7) is 1.20. The van der Waals surface area contributed by atoms with Crippen LogP contribution in [0.1, 0.15) is 23.3 Å². The fourth-order valence-electron chi connectivity index (χ4n) is 3.99. The third kappa shape index (κ3) is 4.21. The number of sulfonamides is 1. The number of benzene rings is 3. The van der Waals surface area contributed by atoms with Gasteiger partial charge in [-0.05, 0) is 30.2 Å². The maximum absolute atomic E-state index is 15.0. The summed E-state index contributed by atoms with van der Waals surface area (Å²) in [6, 6.07) is 25.6. The molecular formula is C25H24FN3O3S. The normalized spacial score (nSPS) is 18.8. The number of hydrogen-bond acceptors (Lipinski definition) is 5. The quantitative estimate of drug-likeness (QED) is 0.555. The molecule has 1 aliphatic rings. The number of hydrogen-bond donors (Lipinski definition) is 1. The minimum atomic E-state index is -4.24. The molecule has 2 atom stereocenters. The lowest BCUT2D eigenvalue weighted by molar-refractivity contribution is -0.116. The van der Waals surface area contributed by atoms with Gasteiger partial charge < -0.3 is 10.6 Å². The van der Waals surface area contributed by atoms with Crippen LogP contribution in [0.5, 0.6) is 0 Å². The molecule has 3 aromatic rings. The number of halogens is 1. The molecule has 0 aromatic heterocycles. The monoisotopic (exact) mass is 465 g/mol. The van der Waals surface area contributed by atoms with E-state index in [9.17, 15) is 17.6 Å². The first-order chi connectivity index (χ1) is 15.8. The Morgan fingerprint density at radius 3 is 2.00 bits per heavy atom. The summed E-state index contributed by atoms with van der Waals surface area (Å²) < 4.78 is 43.4. The number of carbonyl (C=O) groups excluding carboxylic acids is 1. The highest BCUT2D eigenvalue weighted by Gasteiger charge is 2.48. The van der Waals surface area contributed by atoms with Gasteiger partial charge in [0.1, 0.15) is 11.5 Å². The molecule has 0 radical (unpaired) electrons. The Labute approximate surface area is 192 Å². The van der Waals surface area contributed by atoms with E-state index in [1.807, 2.05) is 6.07 Å². The molecule has 0 saturated heterocycles. The highest BCUT2D eigenvalue weighted by Crippen LogP contribution is 2.39. The molecule has 8 heteroatoms. The average Bonchev–Trinajstić information content (AvgIpc) is 2.81. The molecule has 4 rings (SSSR count). The van der Waals surface area contributed by atoms with Crippen molar-refractivity contribution in [2.45, 2.75) is 25.0 Å². The molecule has 0 spiro atoms. The van der Waals surface area contributed by atoms with Gasteiger partial charge in [0, 0.05) is 5.69 Å². The van der Waals surface area contributed by atoms with Gasteiger partial charge in [0.15, 0.2) is 11.5 Å². The van der Waals surface area contributed by atoms with E-state index < -0.39 is 27.4 Å². The molecule has 0 saturated carbocycles. The fourth-order valence-corrected chi connectivity index (χ4v) is 5.81. The zero-order chi connectivity index (χ0) is 23.6. The van der Waals surface area contributed by atoms with Crippen molar-refractivity contribution in [3.05, 3.63) is 114 Å². The molecular weight excluding hydrogens is 441 g/mol. The minimum Gasteiger partial charge on any atom is -0.383 e. The standard InChI is InChI=1S/C25H24FN3O3S/c1-18(26)29(21-15-9-4-10-16-21)22-23(30)24(20-13-7-3-8-14-20)33(31,32)28(25(22)27)17-19-11-5-2-6-12-19/h2-16,18,24H,17,27H2,1H3. The second-order valence-corrected chi connectivity index (χ2v) is 9.65. The van der Waals surface area contributed by atoms with Crippen molar-refractivity contribution in [1.82, 2.24) is 4.31 Å². The number of nitrogens with zero attached hydrogens (tertiary/aromatic N) is 2. The second kappa shape index (κ2) is 9.07. The topological polar surface area (TPSA) is 83.7 Å². The van der Waals surface area contributed by atoms with Crippen molar-refractivity contribution in [3.63, 3.8) is 0 Å². The van der Waals surface area contributed by atoms with Crippen LogP contribution in [0, 0.1) is 0 Å². The number of para-hydroxylation sites is 1. The fraction of sp³-hybridized carbons (Fsp3) is 0.160. The van der Waals surface area contributed by atoms with Crippen LogP contribution in [-0.2, 0) is 21.4 Å². The van der Waals surface area contributed by atoms with Crippen molar-refractivity contribution < 1.29 is 17.6 Å². The number of nitrogens with two attached hydrogens (primary N) is 1. The lowest BCUT2D eigenvalue weighted by Gasteiger charge is -2.39. The number of alkyl halides is 1. The zero-order valence-electron chi connectivity index (χ0n) is 18.0. The summed E-state index contributed by atoms with van der Waals surface area (Å²) in [6.07, 6.45) is -1.64. The molecule has 6 nitrogen and oxygen atoms in total. The highest BCUT2D eigenvalue weighted by atomic mass is 32.2. The number of rotatable bonds is 6. The van der Waals surface area contributed by atoms with Gasteiger partial charge in [0.05, 0.1) is 6.54 Å². The lowest BCUT2D eigenvalue weighted by Crippen LogP contribution is -2.50. The van der Waals surface area contributed by atoms with Crippen molar-refractivity contribution in [1.29, 1.82) is 0 Å². The van der Waals surface area contributed by atoms with Gasteiger partial charge in [-0.1, -0.05) is 78.9 Å². The lowest BCUT2D eigenvalue weighted by atomic mass is 10.0. The van der Waals surface area contributed by atoms with Crippen molar-refractivity contribution in [3.8, 4) is 0 Å². The van der Waals surface area contributed by atoms with Crippen LogP contribution in [0.25, 0.3) is 0 Å². The van der Waals surface area contributed by atoms with Crippen LogP contribution in [0.15, 0.2) is 103 Å². The van der Waals surface area contributed by atoms with Crippen molar-refractivity contribution in [2.75, 3.05) is 4.90 Å². The van der Waals surface area contributed by atoms with Crippen LogP contribution in [0.4, 0.5) is 10.1 Å². The zero-order valence-corrected chi connectivity index (χ0v) is 18.8. The van der Waals surface area contributed by atoms with E-state index in [2.05, 4.69) is 0 Å². The van der Waals surface area contributed by atoms with E-state index in [0.717, 1.165) is 9.21 Å². The smallest absolute Gasteiger partial charge is 0.251 e. The SMILES string of the molecule is CC(F)N(C1=C(N)N(Cc2ccccc2)S(=O)(=O)C(c2ccccc2)C1=O)c1ccccc1. The second-order valence-electron chi connectivity index (χ2n) is 7.71. The predicted molar refractivity (Wildman–Crippen MR) is 126 cm³/mol. The molecule has 170 valence electrons. The van der Waals surface area contributed by atoms with Gasteiger partial charge in [-0.25, -0.2) is 17.1 Å². The summed E-state index contributed by atoms with van der Waals surface area (Å²) in [5.41, 5.74) is 7.54. The Balaban J connectivity index is 1.94. The molecule has 33 heavy (non-hydrogen) atoms. The summed E-state index contributed by atoms with van der Waals surface area (Å²) in [4.78, 5) is 14.9. The highest BCUT2D eigenvalue weighted by molar-refractivity contribution is 7.90. The van der Waals surface area contributed by atoms with E-state index in [-0.39, 0.29) is 18.1 Å². The summed E-state index contributed by atoms with van der Waals surface area (Å²) in [5, 5.41) is -1.55. The van der Waals surface area contributed by atoms with Gasteiger partial charge in [-0.15, -0.1) is 0 Å². The molecule has 2 unspecified atom stereocenters. The number of allylic oxidation sites excluding steroid dienone is 1. The molecule has 3 aromatic carbocycles. The van der Waals surface area contributed by atoms with Gasteiger partial charge in [0.2, 0.25) is 5.78 Å². The summed E-state index contributed by atoms with van der Waals surface area (Å²) in [7, 11) is -4.24. The minimum absolute atomic E-state index is 0.0849. The van der Waals surface area contributed by atoms with E-state index in [4.69, 9.17) is 5.73 Å².